The van der Waals surface area contributed by atoms with Gasteiger partial charge in [-0.15, -0.1) is 11.3 Å². The van der Waals surface area contributed by atoms with Crippen molar-refractivity contribution in [1.82, 2.24) is 4.98 Å². The highest BCUT2D eigenvalue weighted by Crippen LogP contribution is 2.29. The van der Waals surface area contributed by atoms with E-state index >= 15 is 0 Å². The topological polar surface area (TPSA) is 68.5 Å². The van der Waals surface area contributed by atoms with E-state index in [-0.39, 0.29) is 5.97 Å². The van der Waals surface area contributed by atoms with Crippen LogP contribution in [0.25, 0.3) is 0 Å². The number of carbonyl (C=O) groups excluding carboxylic acids is 1. The third-order valence-corrected chi connectivity index (χ3v) is 4.66. The second-order valence-corrected chi connectivity index (χ2v) is 5.95. The number of piperidine rings is 1. The van der Waals surface area contributed by atoms with Crippen molar-refractivity contribution in [2.24, 2.45) is 5.73 Å². The maximum Gasteiger partial charge on any atom is 0.323 e. The average Bonchev–Trinajstić information content (AvgIpc) is 2.80. The van der Waals surface area contributed by atoms with Crippen LogP contribution in [-0.2, 0) is 16.0 Å². The molecule has 1 atom stereocenters. The minimum Gasteiger partial charge on any atom is -0.468 e. The molecule has 2 rings (SSSR count). The molecule has 1 aliphatic rings. The van der Waals surface area contributed by atoms with Gasteiger partial charge >= 0.3 is 5.97 Å². The first-order valence-electron chi connectivity index (χ1n) is 6.66. The average molecular weight is 283 g/mol. The number of carbonyl (C=O) groups is 1. The summed E-state index contributed by atoms with van der Waals surface area (Å²) in [5.41, 5.74) is 6.78. The molecule has 1 saturated heterocycles. The van der Waals surface area contributed by atoms with Gasteiger partial charge in [0, 0.05) is 24.4 Å². The molecule has 0 spiro atoms. The van der Waals surface area contributed by atoms with Crippen LogP contribution in [0.15, 0.2) is 0 Å². The molecule has 6 heteroatoms. The van der Waals surface area contributed by atoms with E-state index in [2.05, 4.69) is 14.6 Å². The zero-order valence-corrected chi connectivity index (χ0v) is 12.3. The first kappa shape index (κ1) is 14.3. The highest BCUT2D eigenvalue weighted by Gasteiger charge is 2.20. The quantitative estimate of drug-likeness (QED) is 0.848. The number of hydrogen-bond donors (Lipinski definition) is 1. The highest BCUT2D eigenvalue weighted by atomic mass is 32.1. The monoisotopic (exact) mass is 283 g/mol. The van der Waals surface area contributed by atoms with E-state index in [9.17, 15) is 4.79 Å². The van der Waals surface area contributed by atoms with Crippen molar-refractivity contribution < 1.29 is 9.53 Å². The Hall–Kier alpha value is -1.14. The number of hydrogen-bond acceptors (Lipinski definition) is 6. The molecule has 1 unspecified atom stereocenters. The van der Waals surface area contributed by atoms with Gasteiger partial charge < -0.3 is 15.4 Å². The molecule has 2 heterocycles. The summed E-state index contributed by atoms with van der Waals surface area (Å²) in [5.74, 6) is -0.368. The normalized spacial score (nSPS) is 17.3. The SMILES string of the molecule is COC(=O)C(N)Cc1sc(N2CCCCC2)nc1C. The number of nitrogens with two attached hydrogens (primary N) is 1. The van der Waals surface area contributed by atoms with Gasteiger partial charge in [0.2, 0.25) is 0 Å². The van der Waals surface area contributed by atoms with Crippen LogP contribution in [0.2, 0.25) is 0 Å². The molecule has 0 amide bonds. The third kappa shape index (κ3) is 3.45. The molecule has 1 fully saturated rings. The van der Waals surface area contributed by atoms with Crippen molar-refractivity contribution in [2.75, 3.05) is 25.1 Å². The van der Waals surface area contributed by atoms with E-state index in [1.807, 2.05) is 6.92 Å². The molecule has 5 nitrogen and oxygen atoms in total. The number of ether oxygens (including phenoxy) is 1. The molecular formula is C13H21N3O2S. The van der Waals surface area contributed by atoms with Gasteiger partial charge in [-0.05, 0) is 26.2 Å². The standard InChI is InChI=1S/C13H21N3O2S/c1-9-11(8-10(14)12(17)18-2)19-13(15-9)16-6-4-3-5-7-16/h10H,3-8,14H2,1-2H3. The van der Waals surface area contributed by atoms with Gasteiger partial charge in [-0.2, -0.15) is 0 Å². The summed E-state index contributed by atoms with van der Waals surface area (Å²) in [7, 11) is 1.36. The minimum absolute atomic E-state index is 0.368. The Balaban J connectivity index is 2.05. The number of aromatic nitrogens is 1. The fraction of sp³-hybridized carbons (Fsp3) is 0.692. The van der Waals surface area contributed by atoms with Crippen molar-refractivity contribution in [1.29, 1.82) is 0 Å². The Labute approximate surface area is 117 Å². The molecule has 0 aromatic carbocycles. The maximum absolute atomic E-state index is 11.4. The van der Waals surface area contributed by atoms with Crippen LogP contribution in [0.1, 0.15) is 29.8 Å². The van der Waals surface area contributed by atoms with E-state index in [1.54, 1.807) is 11.3 Å². The molecule has 0 saturated carbocycles. The van der Waals surface area contributed by atoms with Crippen molar-refractivity contribution in [2.45, 2.75) is 38.6 Å². The lowest BCUT2D eigenvalue weighted by atomic mass is 10.1. The molecule has 0 bridgehead atoms. The minimum atomic E-state index is -0.599. The number of anilines is 1. The lowest BCUT2D eigenvalue weighted by Crippen LogP contribution is -2.33. The molecule has 2 N–H and O–H groups in total. The van der Waals surface area contributed by atoms with Crippen molar-refractivity contribution in [3.8, 4) is 0 Å². The fourth-order valence-corrected chi connectivity index (χ4v) is 3.43. The van der Waals surface area contributed by atoms with Gasteiger partial charge in [-0.3, -0.25) is 4.79 Å². The molecule has 0 aliphatic carbocycles. The zero-order chi connectivity index (χ0) is 13.8. The number of esters is 1. The summed E-state index contributed by atoms with van der Waals surface area (Å²) >= 11 is 1.65. The largest absolute Gasteiger partial charge is 0.468 e. The molecule has 1 aromatic heterocycles. The van der Waals surface area contributed by atoms with Crippen LogP contribution in [0.4, 0.5) is 5.13 Å². The number of aryl methyl sites for hydroxylation is 1. The molecule has 1 aromatic rings. The van der Waals surface area contributed by atoms with Gasteiger partial charge in [0.05, 0.1) is 12.8 Å². The van der Waals surface area contributed by atoms with Gasteiger partial charge in [0.1, 0.15) is 6.04 Å². The lowest BCUT2D eigenvalue weighted by Gasteiger charge is -2.25. The molecule has 19 heavy (non-hydrogen) atoms. The highest BCUT2D eigenvalue weighted by molar-refractivity contribution is 7.15. The first-order valence-corrected chi connectivity index (χ1v) is 7.48. The Kier molecular flexibility index (Phi) is 4.76. The van der Waals surface area contributed by atoms with Gasteiger partial charge in [0.15, 0.2) is 5.13 Å². The van der Waals surface area contributed by atoms with Crippen LogP contribution >= 0.6 is 11.3 Å². The Bertz CT molecular complexity index is 441. The van der Waals surface area contributed by atoms with E-state index < -0.39 is 6.04 Å². The summed E-state index contributed by atoms with van der Waals surface area (Å²) in [6, 6.07) is -0.599. The Morgan fingerprint density at radius 2 is 2.16 bits per heavy atom. The Morgan fingerprint density at radius 1 is 1.47 bits per heavy atom. The summed E-state index contributed by atoms with van der Waals surface area (Å²) in [6.45, 7) is 4.13. The predicted octanol–water partition coefficient (Wildman–Crippen LogP) is 1.48. The summed E-state index contributed by atoms with van der Waals surface area (Å²) < 4.78 is 4.66. The van der Waals surface area contributed by atoms with Crippen LogP contribution in [0.3, 0.4) is 0 Å². The molecular weight excluding hydrogens is 262 g/mol. The smallest absolute Gasteiger partial charge is 0.323 e. The molecule has 1 aliphatic heterocycles. The van der Waals surface area contributed by atoms with E-state index in [1.165, 1.54) is 26.4 Å². The summed E-state index contributed by atoms with van der Waals surface area (Å²) in [6.07, 6.45) is 4.27. The predicted molar refractivity (Wildman–Crippen MR) is 76.6 cm³/mol. The zero-order valence-electron chi connectivity index (χ0n) is 11.5. The molecule has 106 valence electrons. The van der Waals surface area contributed by atoms with E-state index in [0.717, 1.165) is 28.8 Å². The maximum atomic E-state index is 11.4. The van der Waals surface area contributed by atoms with Gasteiger partial charge in [-0.25, -0.2) is 4.98 Å². The first-order chi connectivity index (χ1) is 9.11. The number of nitrogens with zero attached hydrogens (tertiary/aromatic N) is 2. The van der Waals surface area contributed by atoms with Crippen molar-refractivity contribution in [3.05, 3.63) is 10.6 Å². The number of methoxy groups -OCH3 is 1. The van der Waals surface area contributed by atoms with Crippen LogP contribution in [-0.4, -0.2) is 37.2 Å². The third-order valence-electron chi connectivity index (χ3n) is 3.42. The fourth-order valence-electron chi connectivity index (χ4n) is 2.26. The second kappa shape index (κ2) is 6.34. The summed E-state index contributed by atoms with van der Waals surface area (Å²) in [4.78, 5) is 19.4. The van der Waals surface area contributed by atoms with Crippen molar-refractivity contribution in [3.63, 3.8) is 0 Å². The van der Waals surface area contributed by atoms with Crippen LogP contribution in [0.5, 0.6) is 0 Å². The number of rotatable bonds is 4. The van der Waals surface area contributed by atoms with Crippen molar-refractivity contribution >= 4 is 22.4 Å². The van der Waals surface area contributed by atoms with Crippen LogP contribution < -0.4 is 10.6 Å². The second-order valence-electron chi connectivity index (χ2n) is 4.89. The molecule has 0 radical (unpaired) electrons. The summed E-state index contributed by atoms with van der Waals surface area (Å²) in [5, 5.41) is 1.06. The van der Waals surface area contributed by atoms with E-state index in [0.29, 0.717) is 6.42 Å². The van der Waals surface area contributed by atoms with E-state index in [4.69, 9.17) is 5.73 Å². The lowest BCUT2D eigenvalue weighted by molar-refractivity contribution is -0.142. The Morgan fingerprint density at radius 3 is 2.79 bits per heavy atom. The van der Waals surface area contributed by atoms with Crippen LogP contribution in [0, 0.1) is 6.92 Å². The van der Waals surface area contributed by atoms with Gasteiger partial charge in [-0.1, -0.05) is 0 Å². The van der Waals surface area contributed by atoms with Gasteiger partial charge in [0.25, 0.3) is 0 Å². The number of thiazole rings is 1.